The summed E-state index contributed by atoms with van der Waals surface area (Å²) in [6.07, 6.45) is 0. The zero-order chi connectivity index (χ0) is 19.4. The Morgan fingerprint density at radius 2 is 1.81 bits per heavy atom. The Hall–Kier alpha value is -1.65. The van der Waals surface area contributed by atoms with Crippen molar-refractivity contribution in [2.24, 2.45) is 0 Å². The van der Waals surface area contributed by atoms with Gasteiger partial charge in [-0.3, -0.25) is 9.69 Å². The molecular weight excluding hydrogens is 410 g/mol. The smallest absolute Gasteiger partial charge is 0.252 e. The fourth-order valence-corrected chi connectivity index (χ4v) is 5.83. The van der Waals surface area contributed by atoms with E-state index in [9.17, 15) is 13.2 Å². The molecule has 10 heteroatoms. The monoisotopic (exact) mass is 429 g/mol. The van der Waals surface area contributed by atoms with Gasteiger partial charge in [0.25, 0.3) is 10.0 Å². The number of carbonyl (C=O) groups is 1. The summed E-state index contributed by atoms with van der Waals surface area (Å²) in [6.45, 7) is 1.88. The zero-order valence-electron chi connectivity index (χ0n) is 14.7. The predicted molar refractivity (Wildman–Crippen MR) is 106 cm³/mol. The molecule has 0 unspecified atom stereocenters. The van der Waals surface area contributed by atoms with Gasteiger partial charge < -0.3 is 10.1 Å². The van der Waals surface area contributed by atoms with Crippen LogP contribution in [0.5, 0.6) is 5.75 Å². The fraction of sp³-hybridized carbons (Fsp3) is 0.353. The molecule has 1 amide bonds. The number of amides is 1. The van der Waals surface area contributed by atoms with Gasteiger partial charge in [0.05, 0.1) is 18.0 Å². The molecule has 3 rings (SSSR count). The predicted octanol–water partition coefficient (Wildman–Crippen LogP) is 2.36. The highest BCUT2D eigenvalue weighted by molar-refractivity contribution is 7.91. The molecule has 27 heavy (non-hydrogen) atoms. The molecule has 1 aliphatic rings. The molecule has 0 atom stereocenters. The molecule has 1 saturated heterocycles. The molecule has 1 fully saturated rings. The maximum atomic E-state index is 12.6. The average molecular weight is 430 g/mol. The van der Waals surface area contributed by atoms with Crippen LogP contribution < -0.4 is 10.1 Å². The third-order valence-corrected chi connectivity index (χ3v) is 7.81. The average Bonchev–Trinajstić information content (AvgIpc) is 3.10. The fourth-order valence-electron chi connectivity index (χ4n) is 2.77. The van der Waals surface area contributed by atoms with Crippen LogP contribution in [0.1, 0.15) is 0 Å². The van der Waals surface area contributed by atoms with Crippen molar-refractivity contribution in [1.82, 2.24) is 9.21 Å². The summed E-state index contributed by atoms with van der Waals surface area (Å²) in [5, 5.41) is 2.83. The number of benzene rings is 1. The van der Waals surface area contributed by atoms with Crippen molar-refractivity contribution in [3.05, 3.63) is 40.7 Å². The molecule has 0 radical (unpaired) electrons. The summed E-state index contributed by atoms with van der Waals surface area (Å²) in [5.41, 5.74) is 0.691. The molecule has 1 aromatic heterocycles. The highest BCUT2D eigenvalue weighted by atomic mass is 35.5. The molecule has 2 heterocycles. The Morgan fingerprint density at radius 1 is 1.15 bits per heavy atom. The summed E-state index contributed by atoms with van der Waals surface area (Å²) in [6, 6.07) is 10.2. The van der Waals surface area contributed by atoms with Crippen LogP contribution in [0.2, 0.25) is 4.34 Å². The van der Waals surface area contributed by atoms with E-state index < -0.39 is 10.0 Å². The highest BCUT2D eigenvalue weighted by Gasteiger charge is 2.30. The van der Waals surface area contributed by atoms with Gasteiger partial charge in [-0.2, -0.15) is 4.31 Å². The van der Waals surface area contributed by atoms with Crippen LogP contribution in [0.4, 0.5) is 5.69 Å². The second kappa shape index (κ2) is 8.57. The van der Waals surface area contributed by atoms with Crippen molar-refractivity contribution in [2.75, 3.05) is 45.2 Å². The minimum Gasteiger partial charge on any atom is -0.497 e. The number of sulfonamides is 1. The number of rotatable bonds is 6. The summed E-state index contributed by atoms with van der Waals surface area (Å²) in [4.78, 5) is 14.1. The topological polar surface area (TPSA) is 79.0 Å². The lowest BCUT2D eigenvalue weighted by atomic mass is 10.3. The van der Waals surface area contributed by atoms with Gasteiger partial charge >= 0.3 is 0 Å². The Labute approximate surface area is 167 Å². The largest absolute Gasteiger partial charge is 0.497 e. The van der Waals surface area contributed by atoms with Gasteiger partial charge in [0.1, 0.15) is 9.96 Å². The molecule has 146 valence electrons. The van der Waals surface area contributed by atoms with Crippen LogP contribution in [-0.2, 0) is 14.8 Å². The van der Waals surface area contributed by atoms with Crippen LogP contribution in [-0.4, -0.2) is 63.4 Å². The lowest BCUT2D eigenvalue weighted by molar-refractivity contribution is -0.117. The summed E-state index contributed by atoms with van der Waals surface area (Å²) in [7, 11) is -1.94. The molecule has 0 spiro atoms. The van der Waals surface area contributed by atoms with E-state index in [-0.39, 0.29) is 16.7 Å². The minimum atomic E-state index is -3.52. The maximum Gasteiger partial charge on any atom is 0.252 e. The van der Waals surface area contributed by atoms with Crippen LogP contribution in [0.25, 0.3) is 0 Å². The minimum absolute atomic E-state index is 0.137. The first-order chi connectivity index (χ1) is 12.9. The first-order valence-corrected chi connectivity index (χ1v) is 10.9. The molecule has 2 aromatic rings. The summed E-state index contributed by atoms with van der Waals surface area (Å²) in [5.74, 6) is 0.582. The number of piperazine rings is 1. The Morgan fingerprint density at radius 3 is 2.37 bits per heavy atom. The van der Waals surface area contributed by atoms with E-state index in [0.717, 1.165) is 17.1 Å². The van der Waals surface area contributed by atoms with Crippen LogP contribution in [0, 0.1) is 0 Å². The van der Waals surface area contributed by atoms with Gasteiger partial charge in [-0.15, -0.1) is 11.3 Å². The van der Waals surface area contributed by atoms with Gasteiger partial charge in [0.2, 0.25) is 5.91 Å². The Kier molecular flexibility index (Phi) is 6.38. The number of halogens is 1. The third-order valence-electron chi connectivity index (χ3n) is 4.21. The van der Waals surface area contributed by atoms with Crippen LogP contribution in [0.15, 0.2) is 40.6 Å². The van der Waals surface area contributed by atoms with Gasteiger partial charge in [-0.25, -0.2) is 8.42 Å². The summed E-state index contributed by atoms with van der Waals surface area (Å²) < 4.78 is 32.4. The number of methoxy groups -OCH3 is 1. The summed E-state index contributed by atoms with van der Waals surface area (Å²) >= 11 is 6.90. The van der Waals surface area contributed by atoms with E-state index in [1.54, 1.807) is 37.4 Å². The molecule has 1 aliphatic heterocycles. The molecule has 7 nitrogen and oxygen atoms in total. The quantitative estimate of drug-likeness (QED) is 0.762. The number of hydrogen-bond donors (Lipinski definition) is 1. The normalized spacial score (nSPS) is 16.2. The molecular formula is C17H20ClN3O4S2. The Balaban J connectivity index is 1.50. The van der Waals surface area contributed by atoms with Gasteiger partial charge in [-0.1, -0.05) is 11.6 Å². The highest BCUT2D eigenvalue weighted by Crippen LogP contribution is 2.28. The number of thiophene rings is 1. The second-order valence-corrected chi connectivity index (χ2v) is 9.90. The second-order valence-electron chi connectivity index (χ2n) is 6.02. The molecule has 0 bridgehead atoms. The van der Waals surface area contributed by atoms with E-state index in [0.29, 0.717) is 36.2 Å². The number of anilines is 1. The van der Waals surface area contributed by atoms with Crippen molar-refractivity contribution in [3.8, 4) is 5.75 Å². The van der Waals surface area contributed by atoms with E-state index >= 15 is 0 Å². The lowest BCUT2D eigenvalue weighted by Crippen LogP contribution is -2.50. The Bertz CT molecular complexity index is 891. The standard InChI is InChI=1S/C17H20ClN3O4S2/c1-25-14-4-2-13(3-5-14)19-16(22)12-20-8-10-21(11-9-20)27(23,24)17-7-6-15(18)26-17/h2-7H,8-12H2,1H3,(H,19,22). The molecule has 1 N–H and O–H groups in total. The van der Waals surface area contributed by atoms with E-state index in [1.165, 1.54) is 10.4 Å². The third kappa shape index (κ3) is 4.99. The number of nitrogens with zero attached hydrogens (tertiary/aromatic N) is 2. The van der Waals surface area contributed by atoms with Gasteiger partial charge in [-0.05, 0) is 36.4 Å². The van der Waals surface area contributed by atoms with Crippen molar-refractivity contribution in [3.63, 3.8) is 0 Å². The zero-order valence-corrected chi connectivity index (χ0v) is 17.1. The first kappa shape index (κ1) is 20.1. The van der Waals surface area contributed by atoms with Crippen LogP contribution >= 0.6 is 22.9 Å². The van der Waals surface area contributed by atoms with E-state index in [4.69, 9.17) is 16.3 Å². The van der Waals surface area contributed by atoms with Crippen molar-refractivity contribution < 1.29 is 17.9 Å². The van der Waals surface area contributed by atoms with E-state index in [2.05, 4.69) is 5.32 Å². The number of ether oxygens (including phenoxy) is 1. The van der Waals surface area contributed by atoms with Crippen molar-refractivity contribution in [1.29, 1.82) is 0 Å². The van der Waals surface area contributed by atoms with E-state index in [1.807, 2.05) is 4.90 Å². The van der Waals surface area contributed by atoms with Crippen molar-refractivity contribution >= 4 is 44.6 Å². The molecule has 0 saturated carbocycles. The molecule has 1 aromatic carbocycles. The lowest BCUT2D eigenvalue weighted by Gasteiger charge is -2.33. The number of hydrogen-bond acceptors (Lipinski definition) is 6. The number of carbonyl (C=O) groups excluding carboxylic acids is 1. The first-order valence-electron chi connectivity index (χ1n) is 8.30. The van der Waals surface area contributed by atoms with Crippen LogP contribution in [0.3, 0.4) is 0 Å². The maximum absolute atomic E-state index is 12.6. The SMILES string of the molecule is COc1ccc(NC(=O)CN2CCN(S(=O)(=O)c3ccc(Cl)s3)CC2)cc1. The molecule has 0 aliphatic carbocycles. The van der Waals surface area contributed by atoms with Crippen molar-refractivity contribution in [2.45, 2.75) is 4.21 Å². The van der Waals surface area contributed by atoms with Gasteiger partial charge in [0, 0.05) is 31.9 Å². The van der Waals surface area contributed by atoms with Gasteiger partial charge in [0.15, 0.2) is 0 Å². The number of nitrogens with one attached hydrogen (secondary N) is 1.